The second-order valence-electron chi connectivity index (χ2n) is 8.60. The van der Waals surface area contributed by atoms with Crippen LogP contribution in [0.4, 0.5) is 11.5 Å². The molecule has 2 aromatic carbocycles. The summed E-state index contributed by atoms with van der Waals surface area (Å²) in [6, 6.07) is 18.5. The number of benzene rings is 2. The van der Waals surface area contributed by atoms with Gasteiger partial charge in [0.15, 0.2) is 5.76 Å². The first-order valence-electron chi connectivity index (χ1n) is 12.0. The summed E-state index contributed by atoms with van der Waals surface area (Å²) in [5.74, 6) is 0.233. The van der Waals surface area contributed by atoms with Crippen molar-refractivity contribution >= 4 is 40.0 Å². The minimum Gasteiger partial charge on any atom is -0.459 e. The molecule has 1 aliphatic heterocycles. The van der Waals surface area contributed by atoms with E-state index in [1.807, 2.05) is 54.6 Å². The number of nitrogens with one attached hydrogen (secondary N) is 2. The second kappa shape index (κ2) is 13.3. The van der Waals surface area contributed by atoms with E-state index in [-0.39, 0.29) is 36.4 Å². The molecule has 0 saturated carbocycles. The maximum absolute atomic E-state index is 12.9. The van der Waals surface area contributed by atoms with Crippen LogP contribution in [-0.4, -0.2) is 40.3 Å². The Kier molecular flexibility index (Phi) is 9.62. The van der Waals surface area contributed by atoms with Gasteiger partial charge in [-0.05, 0) is 63.6 Å². The van der Waals surface area contributed by atoms with Crippen molar-refractivity contribution in [1.82, 2.24) is 10.3 Å². The van der Waals surface area contributed by atoms with Crippen molar-refractivity contribution in [3.63, 3.8) is 0 Å². The van der Waals surface area contributed by atoms with Crippen LogP contribution in [-0.2, 0) is 27.5 Å². The fourth-order valence-electron chi connectivity index (χ4n) is 3.84. The van der Waals surface area contributed by atoms with Crippen molar-refractivity contribution in [2.24, 2.45) is 0 Å². The third kappa shape index (κ3) is 7.73. The van der Waals surface area contributed by atoms with Gasteiger partial charge < -0.3 is 25.2 Å². The molecule has 10 nitrogen and oxygen atoms in total. The van der Waals surface area contributed by atoms with Gasteiger partial charge in [0.05, 0.1) is 18.1 Å². The summed E-state index contributed by atoms with van der Waals surface area (Å²) < 4.78 is 13.1. The number of halogens is 1. The van der Waals surface area contributed by atoms with Crippen LogP contribution in [0.1, 0.15) is 29.0 Å². The van der Waals surface area contributed by atoms with Crippen LogP contribution >= 0.6 is 22.6 Å². The molecule has 0 aliphatic carbocycles. The first kappa shape index (κ1) is 27.5. The summed E-state index contributed by atoms with van der Waals surface area (Å²) in [6.45, 7) is 0.938. The maximum Gasteiger partial charge on any atom is 0.287 e. The molecule has 0 unspecified atom stereocenters. The smallest absolute Gasteiger partial charge is 0.287 e. The molecular weight excluding hydrogens is 603 g/mol. The lowest BCUT2D eigenvalue weighted by Gasteiger charge is -2.29. The molecule has 0 saturated heterocycles. The van der Waals surface area contributed by atoms with Crippen LogP contribution in [0.15, 0.2) is 78.7 Å². The average Bonchev–Trinajstić information content (AvgIpc) is 2.95. The van der Waals surface area contributed by atoms with Crippen LogP contribution in [0.3, 0.4) is 0 Å². The molecule has 1 aliphatic rings. The number of pyridine rings is 1. The van der Waals surface area contributed by atoms with Gasteiger partial charge in [0.1, 0.15) is 12.0 Å². The summed E-state index contributed by atoms with van der Waals surface area (Å²) in [5, 5.41) is 25.8. The first-order chi connectivity index (χ1) is 18.4. The summed E-state index contributed by atoms with van der Waals surface area (Å²) in [6.07, 6.45) is 2.93. The predicted molar refractivity (Wildman–Crippen MR) is 149 cm³/mol. The lowest BCUT2D eigenvalue weighted by atomic mass is 9.93. The number of allylic oxidation sites excluding steroid dienone is 1. The number of rotatable bonds is 11. The molecule has 1 aromatic heterocycles. The zero-order valence-corrected chi connectivity index (χ0v) is 22.5. The lowest BCUT2D eigenvalue weighted by Crippen LogP contribution is -2.35. The number of ether oxygens (including phenoxy) is 2. The molecule has 2 heterocycles. The molecule has 3 N–H and O–H groups in total. The highest BCUT2D eigenvalue weighted by Crippen LogP contribution is 2.32. The largest absolute Gasteiger partial charge is 0.459 e. The summed E-state index contributed by atoms with van der Waals surface area (Å²) in [4.78, 5) is 27.2. The quantitative estimate of drug-likeness (QED) is 0.124. The van der Waals surface area contributed by atoms with Gasteiger partial charge in [-0.25, -0.2) is 4.98 Å². The minimum absolute atomic E-state index is 0.0201. The van der Waals surface area contributed by atoms with Gasteiger partial charge in [-0.1, -0.05) is 36.4 Å². The van der Waals surface area contributed by atoms with Gasteiger partial charge in [0.2, 0.25) is 6.29 Å². The van der Waals surface area contributed by atoms with E-state index >= 15 is 0 Å². The normalized spacial score (nSPS) is 16.7. The number of nitrogens with zero attached hydrogens (tertiary/aromatic N) is 2. The van der Waals surface area contributed by atoms with E-state index in [2.05, 4.69) is 38.2 Å². The van der Waals surface area contributed by atoms with E-state index in [4.69, 9.17) is 9.47 Å². The van der Waals surface area contributed by atoms with Crippen molar-refractivity contribution in [2.45, 2.75) is 31.8 Å². The molecule has 198 valence electrons. The fraction of sp³-hybridized carbons (Fsp3) is 0.259. The van der Waals surface area contributed by atoms with E-state index in [9.17, 15) is 20.0 Å². The Hall–Kier alpha value is -3.55. The van der Waals surface area contributed by atoms with Crippen LogP contribution in [0, 0.1) is 13.7 Å². The second-order valence-corrected chi connectivity index (χ2v) is 9.84. The molecule has 38 heavy (non-hydrogen) atoms. The molecular formula is C27H27IN4O6. The standard InChI is InChI=1S/C27H27IN4O6/c28-22-7-5-20(6-8-22)21-13-24(38-26(14-21)37-17-19-3-1-18(16-33)2-4-19)27(34)30-12-11-29-25-10-9-23(15-31-25)32(35)36/h1-10,13,15,21,26,33H,11-12,14,16-17H2,(H,29,31)(H,30,34)/t21-,26+/m0/s1. The molecule has 0 fully saturated rings. The van der Waals surface area contributed by atoms with Gasteiger partial charge in [-0.15, -0.1) is 0 Å². The number of aliphatic hydroxyl groups excluding tert-OH is 1. The topological polar surface area (TPSA) is 136 Å². The molecule has 0 radical (unpaired) electrons. The molecule has 4 rings (SSSR count). The number of carbonyl (C=O) groups is 1. The van der Waals surface area contributed by atoms with Crippen molar-refractivity contribution in [3.8, 4) is 0 Å². The average molecular weight is 630 g/mol. The van der Waals surface area contributed by atoms with E-state index < -0.39 is 11.2 Å². The highest BCUT2D eigenvalue weighted by atomic mass is 127. The Bertz CT molecular complexity index is 1270. The third-order valence-electron chi connectivity index (χ3n) is 5.90. The SMILES string of the molecule is O=C(NCCNc1ccc([N+](=O)[O-])cn1)C1=C[C@H](c2ccc(I)cc2)C[C@H](OCc2ccc(CO)cc2)O1. The Morgan fingerprint density at radius 3 is 2.50 bits per heavy atom. The molecule has 2 atom stereocenters. The van der Waals surface area contributed by atoms with Gasteiger partial charge in [-0.2, -0.15) is 0 Å². The number of amides is 1. The highest BCUT2D eigenvalue weighted by molar-refractivity contribution is 14.1. The van der Waals surface area contributed by atoms with E-state index in [1.165, 1.54) is 18.3 Å². The molecule has 3 aromatic rings. The number of aromatic nitrogens is 1. The Labute approximate surface area is 233 Å². The van der Waals surface area contributed by atoms with E-state index in [0.717, 1.165) is 20.3 Å². The number of hydrogen-bond acceptors (Lipinski definition) is 8. The van der Waals surface area contributed by atoms with E-state index in [0.29, 0.717) is 25.4 Å². The third-order valence-corrected chi connectivity index (χ3v) is 6.62. The molecule has 1 amide bonds. The van der Waals surface area contributed by atoms with Gasteiger partial charge >= 0.3 is 0 Å². The van der Waals surface area contributed by atoms with Crippen molar-refractivity contribution < 1.29 is 24.3 Å². The summed E-state index contributed by atoms with van der Waals surface area (Å²) in [5.41, 5.74) is 2.72. The van der Waals surface area contributed by atoms with Crippen molar-refractivity contribution in [2.75, 3.05) is 18.4 Å². The number of carbonyl (C=O) groups excluding carboxylic acids is 1. The number of anilines is 1. The lowest BCUT2D eigenvalue weighted by molar-refractivity contribution is -0.385. The zero-order valence-electron chi connectivity index (χ0n) is 20.4. The number of nitro groups is 1. The predicted octanol–water partition coefficient (Wildman–Crippen LogP) is 4.25. The molecule has 0 bridgehead atoms. The Morgan fingerprint density at radius 1 is 1.11 bits per heavy atom. The van der Waals surface area contributed by atoms with Crippen LogP contribution in [0.5, 0.6) is 0 Å². The summed E-state index contributed by atoms with van der Waals surface area (Å²) >= 11 is 2.25. The summed E-state index contributed by atoms with van der Waals surface area (Å²) in [7, 11) is 0. The van der Waals surface area contributed by atoms with Crippen molar-refractivity contribution in [3.05, 3.63) is 109 Å². The number of hydrogen-bond donors (Lipinski definition) is 3. The maximum atomic E-state index is 12.9. The van der Waals surface area contributed by atoms with Gasteiger partial charge in [0.25, 0.3) is 11.6 Å². The highest BCUT2D eigenvalue weighted by Gasteiger charge is 2.28. The number of aliphatic hydroxyl groups is 1. The minimum atomic E-state index is -0.620. The Morgan fingerprint density at radius 2 is 1.84 bits per heavy atom. The van der Waals surface area contributed by atoms with Gasteiger partial charge in [-0.3, -0.25) is 14.9 Å². The van der Waals surface area contributed by atoms with Gasteiger partial charge in [0, 0.05) is 35.1 Å². The molecule has 0 spiro atoms. The van der Waals surface area contributed by atoms with E-state index in [1.54, 1.807) is 0 Å². The van der Waals surface area contributed by atoms with Crippen LogP contribution in [0.25, 0.3) is 0 Å². The zero-order chi connectivity index (χ0) is 26.9. The monoisotopic (exact) mass is 630 g/mol. The fourth-order valence-corrected chi connectivity index (χ4v) is 4.20. The first-order valence-corrected chi connectivity index (χ1v) is 13.1. The van der Waals surface area contributed by atoms with Crippen LogP contribution in [0.2, 0.25) is 0 Å². The Balaban J connectivity index is 1.36. The van der Waals surface area contributed by atoms with Crippen molar-refractivity contribution in [1.29, 1.82) is 0 Å². The van der Waals surface area contributed by atoms with Crippen LogP contribution < -0.4 is 10.6 Å². The molecule has 11 heteroatoms.